The van der Waals surface area contributed by atoms with Crippen molar-refractivity contribution in [3.05, 3.63) is 240 Å². The highest BCUT2D eigenvalue weighted by molar-refractivity contribution is 6.22. The normalized spacial score (nSPS) is 16.7. The molecule has 5 fully saturated rings. The molecule has 0 bridgehead atoms. The minimum atomic E-state index is -1.22. The number of alkyl halides is 4. The Hall–Kier alpha value is -15.8. The second-order valence-corrected chi connectivity index (χ2v) is 34.1. The maximum atomic E-state index is 14.1. The summed E-state index contributed by atoms with van der Waals surface area (Å²) < 4.78 is 77.8. The fourth-order valence-corrected chi connectivity index (χ4v) is 15.8. The van der Waals surface area contributed by atoms with Gasteiger partial charge >= 0.3 is 11.8 Å². The Morgan fingerprint density at radius 2 is 0.809 bits per heavy atom. The Morgan fingerprint density at radius 1 is 0.397 bits per heavy atom. The van der Waals surface area contributed by atoms with Crippen LogP contribution in [0.3, 0.4) is 0 Å². The van der Waals surface area contributed by atoms with Crippen molar-refractivity contribution in [2.75, 3.05) is 67.9 Å². The third-order valence-electron chi connectivity index (χ3n) is 23.6. The smallest absolute Gasteiger partial charge is 0.351 e. The molecule has 5 saturated heterocycles. The van der Waals surface area contributed by atoms with Gasteiger partial charge in [0.05, 0.1) is 99.6 Å². The molecule has 0 radical (unpaired) electrons. The number of amides is 9. The summed E-state index contributed by atoms with van der Waals surface area (Å²) in [7, 11) is 0. The number of urea groups is 1. The van der Waals surface area contributed by atoms with Crippen LogP contribution in [0.1, 0.15) is 155 Å². The lowest BCUT2D eigenvalue weighted by Gasteiger charge is -2.34. The molecule has 670 valence electrons. The number of nitrogens with one attached hydrogen (secondary N) is 4. The van der Waals surface area contributed by atoms with Gasteiger partial charge in [0, 0.05) is 142 Å². The summed E-state index contributed by atoms with van der Waals surface area (Å²) in [5.41, 5.74) is 2.66. The Labute approximate surface area is 742 Å². The van der Waals surface area contributed by atoms with Crippen molar-refractivity contribution in [2.45, 2.75) is 121 Å². The van der Waals surface area contributed by atoms with Crippen molar-refractivity contribution in [3.63, 3.8) is 0 Å². The summed E-state index contributed by atoms with van der Waals surface area (Å²) in [4.78, 5) is 157. The van der Waals surface area contributed by atoms with Crippen molar-refractivity contribution < 1.29 is 69.5 Å². The van der Waals surface area contributed by atoms with Gasteiger partial charge in [0.1, 0.15) is 62.3 Å². The molecule has 0 saturated carbocycles. The van der Waals surface area contributed by atoms with Crippen molar-refractivity contribution in [3.8, 4) is 34.3 Å². The third kappa shape index (κ3) is 19.1. The van der Waals surface area contributed by atoms with Crippen LogP contribution in [-0.2, 0) is 4.79 Å². The van der Waals surface area contributed by atoms with Gasteiger partial charge in [0.15, 0.2) is 0 Å². The summed E-state index contributed by atoms with van der Waals surface area (Å²) in [5.74, 6) is -1.60. The molecular weight excluding hydrogens is 1700 g/mol. The molecule has 0 aliphatic carbocycles. The zero-order chi connectivity index (χ0) is 91.8. The average molecular weight is 1780 g/mol. The molecule has 5 aliphatic rings. The monoisotopic (exact) mass is 1780 g/mol. The van der Waals surface area contributed by atoms with E-state index in [9.17, 15) is 60.7 Å². The van der Waals surface area contributed by atoms with Gasteiger partial charge in [-0.25, -0.2) is 57.0 Å². The maximum Gasteiger partial charge on any atom is 0.439 e. The Balaban J connectivity index is 0.000000122. The van der Waals surface area contributed by atoms with Gasteiger partial charge in [0.2, 0.25) is 17.5 Å². The fraction of sp³-hybridized carbons (Fsp3) is 0.297. The van der Waals surface area contributed by atoms with E-state index in [4.69, 9.17) is 9.05 Å². The number of carbonyl (C=O) groups is 8. The molecule has 20 heterocycles. The van der Waals surface area contributed by atoms with E-state index in [0.717, 1.165) is 32.1 Å². The van der Waals surface area contributed by atoms with Gasteiger partial charge < -0.3 is 39.3 Å². The molecule has 0 aromatic carbocycles. The van der Waals surface area contributed by atoms with Gasteiger partial charge in [-0.1, -0.05) is 15.5 Å². The summed E-state index contributed by atoms with van der Waals surface area (Å²) in [6, 6.07) is 27.4. The summed E-state index contributed by atoms with van der Waals surface area (Å²) in [6.45, 7) is 12.7. The summed E-state index contributed by atoms with van der Waals surface area (Å²) >= 11 is 0. The molecule has 0 spiro atoms. The first-order chi connectivity index (χ1) is 62.7. The summed E-state index contributed by atoms with van der Waals surface area (Å²) in [6.07, 6.45) is 28.3. The average Bonchev–Trinajstić information content (AvgIpc) is 1.69. The number of likely N-dealkylation sites (tertiary alicyclic amines) is 4. The van der Waals surface area contributed by atoms with Crippen molar-refractivity contribution in [1.29, 1.82) is 0 Å². The van der Waals surface area contributed by atoms with Crippen LogP contribution in [0.15, 0.2) is 215 Å². The van der Waals surface area contributed by atoms with E-state index in [1.54, 1.807) is 157 Å². The zero-order valence-corrected chi connectivity index (χ0v) is 71.6. The predicted molar refractivity (Wildman–Crippen MR) is 469 cm³/mol. The van der Waals surface area contributed by atoms with E-state index < -0.39 is 45.9 Å². The maximum absolute atomic E-state index is 14.1. The molecule has 15 aromatic rings. The number of imide groups is 1. The second-order valence-electron chi connectivity index (χ2n) is 34.1. The molecule has 20 rings (SSSR count). The number of fused-ring (bicyclic) bond motifs is 4. The SMILES string of the molecule is CC1(F)CCN(C(=O)c2cnc3c(ccn3-c3ccc(-c4noc(=O)[nH]4)nc3)c2)CC1.CC1(F)CCN(C(=O)c2cnc3c(ccn3-c3ccc(N4C(=O)NC(C)(C)C4=O)nc3)c2)CC1.CC1(F)CCN(C(=O)c2cnc3c(ccn3-c3cncc(C(=O)Nc4ccno4)c3)c2)CC1.CC1(F)CCN(C(=O)c2cnc3c(ccn3-c3cncc(NC(=O)c4ccno4)c3)c2)CC1. The van der Waals surface area contributed by atoms with Crippen LogP contribution < -0.4 is 26.6 Å². The first-order valence-corrected chi connectivity index (χ1v) is 42.1. The predicted octanol–water partition coefficient (Wildman–Crippen LogP) is 13.2. The van der Waals surface area contributed by atoms with Crippen molar-refractivity contribution in [1.82, 2.24) is 104 Å². The van der Waals surface area contributed by atoms with Gasteiger partial charge in [-0.3, -0.25) is 81.6 Å². The van der Waals surface area contributed by atoms with E-state index in [1.807, 2.05) is 62.6 Å². The van der Waals surface area contributed by atoms with E-state index in [0.29, 0.717) is 183 Å². The van der Waals surface area contributed by atoms with Gasteiger partial charge in [-0.15, -0.1) is 0 Å². The molecule has 0 unspecified atom stereocenters. The number of hydrogen-bond acceptors (Lipinski definition) is 23. The fourth-order valence-electron chi connectivity index (χ4n) is 15.8. The third-order valence-corrected chi connectivity index (χ3v) is 23.6. The number of H-pyrrole nitrogens is 1. The van der Waals surface area contributed by atoms with Gasteiger partial charge in [-0.05, 0) is 178 Å². The van der Waals surface area contributed by atoms with E-state index in [-0.39, 0.29) is 58.7 Å². The highest BCUT2D eigenvalue weighted by Crippen LogP contribution is 2.35. The van der Waals surface area contributed by atoms with Gasteiger partial charge in [0.25, 0.3) is 41.4 Å². The number of aromatic nitrogens is 16. The van der Waals surface area contributed by atoms with Crippen molar-refractivity contribution >= 4 is 109 Å². The number of piperidine rings is 4. The molecule has 40 heteroatoms. The number of hydrogen-bond donors (Lipinski definition) is 4. The lowest BCUT2D eigenvalue weighted by molar-refractivity contribution is -0.121. The molecule has 0 atom stereocenters. The number of anilines is 3. The largest absolute Gasteiger partial charge is 0.439 e. The highest BCUT2D eigenvalue weighted by atomic mass is 19.2. The second kappa shape index (κ2) is 35.4. The molecule has 9 amide bonds. The number of rotatable bonds is 14. The Bertz CT molecular complexity index is 6900. The van der Waals surface area contributed by atoms with E-state index in [1.165, 1.54) is 55.5 Å². The lowest BCUT2D eigenvalue weighted by atomic mass is 9.95. The van der Waals surface area contributed by atoms with Crippen LogP contribution in [0.2, 0.25) is 0 Å². The minimum absolute atomic E-state index is 0.0931. The standard InChI is InChI=1S/C24H25FN6O3.2C23H21FN6O3.C21H19FN6O3/c1-23(2)21(33)31(22(34)28-23)18-5-4-17(14-26-18)30-9-6-15-12-16(13-27-19(15)30)20(32)29-10-7-24(3,25)8-11-29;1-23(24)4-8-29(9-5-23)22(32)17-10-15-3-7-30(20(15)26-13-17)18-11-16(12-25-14-18)21(31)28-19-2-6-27-33-19;1-23(24)4-8-29(9-5-23)22(32)16-10-15-3-7-30(20(15)26-12-16)18-11-17(13-25-14-18)28-21(31)19-2-6-27-33-19;1-21(22)5-8-27(9-6-21)19(29)14-10-13-4-7-28(18(13)24-11-14)15-2-3-16(23-12-15)17-25-20(30)31-26-17/h4-6,9,12-14H,7-8,10-11H2,1-3H3,(H,28,34);2*2-3,6-7,10-14H,4-5,8-9H2,1H3,(H,28,31);2-4,7,10-12H,5-6,8-9H2,1H3,(H,25,26,30). The minimum Gasteiger partial charge on any atom is -0.351 e. The molecule has 131 heavy (non-hydrogen) atoms. The Kier molecular flexibility index (Phi) is 23.6. The first-order valence-electron chi connectivity index (χ1n) is 42.1. The molecule has 36 nitrogen and oxygen atoms in total. The molecule has 5 aliphatic heterocycles. The lowest BCUT2D eigenvalue weighted by Crippen LogP contribution is -2.43. The zero-order valence-electron chi connectivity index (χ0n) is 71.6. The van der Waals surface area contributed by atoms with E-state index >= 15 is 0 Å². The number of pyridine rings is 8. The molecule has 15 aromatic heterocycles. The highest BCUT2D eigenvalue weighted by Gasteiger charge is 2.46. The number of carbonyl (C=O) groups excluding carboxylic acids is 8. The van der Waals surface area contributed by atoms with Crippen molar-refractivity contribution in [2.24, 2.45) is 0 Å². The summed E-state index contributed by atoms with van der Waals surface area (Å²) in [5, 5.41) is 21.8. The quantitative estimate of drug-likeness (QED) is 0.0580. The molecule has 4 N–H and O–H groups in total. The topological polar surface area (TPSA) is 423 Å². The van der Waals surface area contributed by atoms with Crippen LogP contribution >= 0.6 is 0 Å². The molecular formula is C91H86F4N24O12. The number of aromatic amines is 1. The van der Waals surface area contributed by atoms with Crippen LogP contribution in [-0.4, -0.2) is 226 Å². The first kappa shape index (κ1) is 87.3. The van der Waals surface area contributed by atoms with Crippen LogP contribution in [0, 0.1) is 0 Å². The Morgan fingerprint density at radius 3 is 1.18 bits per heavy atom. The number of halogens is 4. The van der Waals surface area contributed by atoms with Crippen LogP contribution in [0.4, 0.5) is 39.7 Å². The number of nitrogens with zero attached hydrogens (tertiary/aromatic N) is 20. The van der Waals surface area contributed by atoms with Crippen LogP contribution in [0.5, 0.6) is 0 Å². The van der Waals surface area contributed by atoms with E-state index in [2.05, 4.69) is 80.8 Å². The van der Waals surface area contributed by atoms with Gasteiger partial charge in [-0.2, -0.15) is 0 Å². The van der Waals surface area contributed by atoms with Crippen LogP contribution in [0.25, 0.3) is 78.4 Å².